The third kappa shape index (κ3) is 3.96. The van der Waals surface area contributed by atoms with E-state index < -0.39 is 0 Å². The summed E-state index contributed by atoms with van der Waals surface area (Å²) < 4.78 is 0. The summed E-state index contributed by atoms with van der Waals surface area (Å²) in [6.07, 6.45) is 4.14. The van der Waals surface area contributed by atoms with E-state index in [0.717, 1.165) is 32.4 Å². The van der Waals surface area contributed by atoms with Crippen LogP contribution in [-0.2, 0) is 9.59 Å². The van der Waals surface area contributed by atoms with Gasteiger partial charge in [-0.1, -0.05) is 13.8 Å². The molecular weight excluding hydrogens is 268 g/mol. The second kappa shape index (κ2) is 7.25. The molecule has 21 heavy (non-hydrogen) atoms. The molecule has 0 aromatic carbocycles. The lowest BCUT2D eigenvalue weighted by Crippen LogP contribution is -2.47. The maximum absolute atomic E-state index is 12.7. The summed E-state index contributed by atoms with van der Waals surface area (Å²) in [5, 5.41) is 9.17. The molecule has 2 amide bonds. The van der Waals surface area contributed by atoms with E-state index in [-0.39, 0.29) is 30.4 Å². The fourth-order valence-electron chi connectivity index (χ4n) is 3.53. The smallest absolute Gasteiger partial charge is 0.228 e. The molecule has 0 aromatic heterocycles. The zero-order valence-electron chi connectivity index (χ0n) is 13.3. The molecule has 1 N–H and O–H groups in total. The van der Waals surface area contributed by atoms with E-state index in [0.29, 0.717) is 25.3 Å². The Labute approximate surface area is 127 Å². The van der Waals surface area contributed by atoms with Crippen LogP contribution in [0.5, 0.6) is 0 Å². The van der Waals surface area contributed by atoms with Crippen molar-refractivity contribution in [3.63, 3.8) is 0 Å². The Hall–Kier alpha value is -1.10. The van der Waals surface area contributed by atoms with Gasteiger partial charge in [-0.3, -0.25) is 9.59 Å². The molecule has 2 aliphatic rings. The van der Waals surface area contributed by atoms with Crippen molar-refractivity contribution in [1.82, 2.24) is 9.80 Å². The van der Waals surface area contributed by atoms with Gasteiger partial charge in [0.1, 0.15) is 0 Å². The van der Waals surface area contributed by atoms with E-state index in [9.17, 15) is 9.59 Å². The molecule has 0 saturated carbocycles. The van der Waals surface area contributed by atoms with E-state index >= 15 is 0 Å². The number of amides is 2. The maximum Gasteiger partial charge on any atom is 0.228 e. The summed E-state index contributed by atoms with van der Waals surface area (Å²) in [6, 6.07) is 0.158. The summed E-state index contributed by atoms with van der Waals surface area (Å²) in [7, 11) is 0. The van der Waals surface area contributed by atoms with Gasteiger partial charge in [0, 0.05) is 38.7 Å². The second-order valence-corrected chi connectivity index (χ2v) is 6.79. The molecule has 0 aromatic rings. The normalized spacial score (nSPS) is 26.8. The van der Waals surface area contributed by atoms with Crippen molar-refractivity contribution in [3.8, 4) is 0 Å². The lowest BCUT2D eigenvalue weighted by molar-refractivity contribution is -0.139. The van der Waals surface area contributed by atoms with E-state index in [1.165, 1.54) is 0 Å². The van der Waals surface area contributed by atoms with Crippen LogP contribution in [0, 0.1) is 11.8 Å². The minimum atomic E-state index is -0.185. The van der Waals surface area contributed by atoms with Crippen molar-refractivity contribution in [1.29, 1.82) is 0 Å². The van der Waals surface area contributed by atoms with Gasteiger partial charge in [0.2, 0.25) is 11.8 Å². The molecule has 2 aliphatic heterocycles. The summed E-state index contributed by atoms with van der Waals surface area (Å²) in [6.45, 7) is 6.38. The summed E-state index contributed by atoms with van der Waals surface area (Å²) in [4.78, 5) is 28.5. The summed E-state index contributed by atoms with van der Waals surface area (Å²) >= 11 is 0. The molecule has 0 bridgehead atoms. The zero-order chi connectivity index (χ0) is 15.4. The third-order valence-electron chi connectivity index (χ3n) is 4.52. The van der Waals surface area contributed by atoms with Crippen molar-refractivity contribution in [3.05, 3.63) is 0 Å². The number of piperidine rings is 1. The molecule has 5 nitrogen and oxygen atoms in total. The zero-order valence-corrected chi connectivity index (χ0v) is 13.3. The summed E-state index contributed by atoms with van der Waals surface area (Å²) in [5.74, 6) is 0.473. The standard InChI is InChI=1S/C16H28N2O3/c1-12(2)10-17-11-13(9-15(17)20)16(21)18-7-4-3-5-14(18)6-8-19/h12-14,19H,3-11H2,1-2H3/t13-,14-/m0/s1. The Kier molecular flexibility index (Phi) is 5.62. The average Bonchev–Trinajstić information content (AvgIpc) is 2.80. The predicted molar refractivity (Wildman–Crippen MR) is 80.6 cm³/mol. The molecule has 2 atom stereocenters. The van der Waals surface area contributed by atoms with Crippen LogP contribution in [0.1, 0.15) is 46.0 Å². The van der Waals surface area contributed by atoms with Gasteiger partial charge in [0.05, 0.1) is 5.92 Å². The molecule has 0 spiro atoms. The molecular formula is C16H28N2O3. The first-order valence-corrected chi connectivity index (χ1v) is 8.22. The number of carbonyl (C=O) groups is 2. The van der Waals surface area contributed by atoms with Crippen molar-refractivity contribution in [2.75, 3.05) is 26.2 Å². The fourth-order valence-corrected chi connectivity index (χ4v) is 3.53. The Morgan fingerprint density at radius 1 is 1.38 bits per heavy atom. The quantitative estimate of drug-likeness (QED) is 0.831. The van der Waals surface area contributed by atoms with Crippen LogP contribution < -0.4 is 0 Å². The first-order valence-electron chi connectivity index (χ1n) is 8.22. The molecule has 2 heterocycles. The highest BCUT2D eigenvalue weighted by Crippen LogP contribution is 2.26. The Morgan fingerprint density at radius 3 is 2.81 bits per heavy atom. The number of nitrogens with zero attached hydrogens (tertiary/aromatic N) is 2. The minimum Gasteiger partial charge on any atom is -0.396 e. The Morgan fingerprint density at radius 2 is 2.14 bits per heavy atom. The predicted octanol–water partition coefficient (Wildman–Crippen LogP) is 1.25. The highest BCUT2D eigenvalue weighted by atomic mass is 16.3. The van der Waals surface area contributed by atoms with Gasteiger partial charge in [0.25, 0.3) is 0 Å². The van der Waals surface area contributed by atoms with E-state index in [1.807, 2.05) is 9.80 Å². The first kappa shape index (κ1) is 16.3. The highest BCUT2D eigenvalue weighted by Gasteiger charge is 2.38. The third-order valence-corrected chi connectivity index (χ3v) is 4.52. The number of hydrogen-bond donors (Lipinski definition) is 1. The monoisotopic (exact) mass is 296 g/mol. The molecule has 5 heteroatoms. The van der Waals surface area contributed by atoms with Crippen LogP contribution >= 0.6 is 0 Å². The van der Waals surface area contributed by atoms with Crippen LogP contribution in [0.3, 0.4) is 0 Å². The van der Waals surface area contributed by atoms with E-state index in [1.54, 1.807) is 0 Å². The van der Waals surface area contributed by atoms with Crippen molar-refractivity contribution < 1.29 is 14.7 Å². The SMILES string of the molecule is CC(C)CN1C[C@@H](C(=O)N2CCCC[C@H]2CCO)CC1=O. The van der Waals surface area contributed by atoms with Gasteiger partial charge in [-0.25, -0.2) is 0 Å². The van der Waals surface area contributed by atoms with Crippen molar-refractivity contribution >= 4 is 11.8 Å². The number of carbonyl (C=O) groups excluding carboxylic acids is 2. The molecule has 0 aliphatic carbocycles. The molecule has 2 saturated heterocycles. The van der Waals surface area contributed by atoms with E-state index in [4.69, 9.17) is 5.11 Å². The minimum absolute atomic E-state index is 0.109. The number of rotatable bonds is 5. The van der Waals surface area contributed by atoms with Gasteiger partial charge < -0.3 is 14.9 Å². The molecule has 2 fully saturated rings. The fraction of sp³-hybridized carbons (Fsp3) is 0.875. The van der Waals surface area contributed by atoms with Gasteiger partial charge in [0.15, 0.2) is 0 Å². The summed E-state index contributed by atoms with van der Waals surface area (Å²) in [5.41, 5.74) is 0. The lowest BCUT2D eigenvalue weighted by Gasteiger charge is -2.37. The van der Waals surface area contributed by atoms with E-state index in [2.05, 4.69) is 13.8 Å². The van der Waals surface area contributed by atoms with Crippen LogP contribution in [0.4, 0.5) is 0 Å². The number of likely N-dealkylation sites (tertiary alicyclic amines) is 2. The topological polar surface area (TPSA) is 60.9 Å². The molecule has 0 unspecified atom stereocenters. The van der Waals surface area contributed by atoms with Crippen LogP contribution in [0.2, 0.25) is 0 Å². The number of hydrogen-bond acceptors (Lipinski definition) is 3. The lowest BCUT2D eigenvalue weighted by atomic mass is 9.96. The van der Waals surface area contributed by atoms with Crippen molar-refractivity contribution in [2.24, 2.45) is 11.8 Å². The molecule has 120 valence electrons. The second-order valence-electron chi connectivity index (χ2n) is 6.79. The Bertz CT molecular complexity index is 382. The average molecular weight is 296 g/mol. The Balaban J connectivity index is 1.97. The van der Waals surface area contributed by atoms with Gasteiger partial charge in [-0.15, -0.1) is 0 Å². The van der Waals surface area contributed by atoms with Crippen molar-refractivity contribution in [2.45, 2.75) is 52.0 Å². The van der Waals surface area contributed by atoms with Gasteiger partial charge in [-0.2, -0.15) is 0 Å². The van der Waals surface area contributed by atoms with Crippen LogP contribution in [0.15, 0.2) is 0 Å². The number of aliphatic hydroxyl groups is 1. The number of aliphatic hydroxyl groups excluding tert-OH is 1. The van der Waals surface area contributed by atoms with Gasteiger partial charge >= 0.3 is 0 Å². The largest absolute Gasteiger partial charge is 0.396 e. The molecule has 0 radical (unpaired) electrons. The molecule has 2 rings (SSSR count). The van der Waals surface area contributed by atoms with Crippen LogP contribution in [0.25, 0.3) is 0 Å². The highest BCUT2D eigenvalue weighted by molar-refractivity contribution is 5.89. The first-order chi connectivity index (χ1) is 10.0. The van der Waals surface area contributed by atoms with Gasteiger partial charge in [-0.05, 0) is 31.6 Å². The maximum atomic E-state index is 12.7. The van der Waals surface area contributed by atoms with Crippen LogP contribution in [-0.4, -0.2) is 59.0 Å².